The summed E-state index contributed by atoms with van der Waals surface area (Å²) in [7, 11) is 0. The lowest BCUT2D eigenvalue weighted by Crippen LogP contribution is -2.49. The largest absolute Gasteiger partial charge is 0.368 e. The van der Waals surface area contributed by atoms with E-state index in [1.807, 2.05) is 24.3 Å². The van der Waals surface area contributed by atoms with Gasteiger partial charge in [0.05, 0.1) is 5.56 Å². The lowest BCUT2D eigenvalue weighted by Gasteiger charge is -2.36. The molecule has 0 unspecified atom stereocenters. The van der Waals surface area contributed by atoms with Gasteiger partial charge in [0.1, 0.15) is 5.82 Å². The number of hydrogen-bond donors (Lipinski definition) is 1. The third kappa shape index (κ3) is 4.86. The Kier molecular flexibility index (Phi) is 6.18. The number of piperazine rings is 1. The topological polar surface area (TPSA) is 52.7 Å². The third-order valence-electron chi connectivity index (χ3n) is 5.27. The predicted octanol–water partition coefficient (Wildman–Crippen LogP) is 4.69. The summed E-state index contributed by atoms with van der Waals surface area (Å²) in [6, 6.07) is 20.3. The van der Waals surface area contributed by atoms with Crippen LogP contribution in [0.4, 0.5) is 15.8 Å². The average molecular weight is 438 g/mol. The Morgan fingerprint density at radius 1 is 0.839 bits per heavy atom. The summed E-state index contributed by atoms with van der Waals surface area (Å²) >= 11 is 5.86. The van der Waals surface area contributed by atoms with Gasteiger partial charge in [0, 0.05) is 48.1 Å². The standard InChI is InChI=1S/C24H21ClFN3O2/c25-18-7-5-17(6-8-18)23(30)27-19-9-11-20(12-10-19)28-13-15-29(16-14-28)24(31)21-3-1-2-4-22(21)26/h1-12H,13-16H2,(H,27,30). The molecule has 1 aliphatic heterocycles. The van der Waals surface area contributed by atoms with Crippen LogP contribution in [0.25, 0.3) is 0 Å². The molecule has 3 aromatic rings. The van der Waals surface area contributed by atoms with Crippen molar-refractivity contribution >= 4 is 34.8 Å². The molecular weight excluding hydrogens is 417 g/mol. The van der Waals surface area contributed by atoms with Crippen molar-refractivity contribution in [3.63, 3.8) is 0 Å². The molecule has 0 radical (unpaired) electrons. The first-order valence-electron chi connectivity index (χ1n) is 9.97. The van der Waals surface area contributed by atoms with E-state index in [0.29, 0.717) is 42.5 Å². The second kappa shape index (κ2) is 9.18. The van der Waals surface area contributed by atoms with Crippen molar-refractivity contribution in [2.45, 2.75) is 0 Å². The van der Waals surface area contributed by atoms with Gasteiger partial charge in [0.25, 0.3) is 11.8 Å². The molecule has 1 heterocycles. The van der Waals surface area contributed by atoms with Gasteiger partial charge in [-0.2, -0.15) is 0 Å². The lowest BCUT2D eigenvalue weighted by molar-refractivity contribution is 0.0742. The molecule has 0 bridgehead atoms. The Morgan fingerprint density at radius 2 is 1.48 bits per heavy atom. The Morgan fingerprint density at radius 3 is 2.13 bits per heavy atom. The van der Waals surface area contributed by atoms with E-state index in [-0.39, 0.29) is 17.4 Å². The summed E-state index contributed by atoms with van der Waals surface area (Å²) in [6.45, 7) is 2.33. The Bertz CT molecular complexity index is 1080. The normalized spacial score (nSPS) is 13.7. The minimum atomic E-state index is -0.494. The fraction of sp³-hybridized carbons (Fsp3) is 0.167. The predicted molar refractivity (Wildman–Crippen MR) is 120 cm³/mol. The van der Waals surface area contributed by atoms with Crippen LogP contribution in [0.3, 0.4) is 0 Å². The molecule has 0 aliphatic carbocycles. The molecule has 2 amide bonds. The monoisotopic (exact) mass is 437 g/mol. The number of hydrogen-bond acceptors (Lipinski definition) is 3. The summed E-state index contributed by atoms with van der Waals surface area (Å²) in [5, 5.41) is 3.44. The fourth-order valence-electron chi connectivity index (χ4n) is 3.53. The molecule has 1 aliphatic rings. The third-order valence-corrected chi connectivity index (χ3v) is 5.52. The summed E-state index contributed by atoms with van der Waals surface area (Å²) in [5.74, 6) is -0.978. The number of carbonyl (C=O) groups excluding carboxylic acids is 2. The number of carbonyl (C=O) groups is 2. The molecule has 0 atom stereocenters. The van der Waals surface area contributed by atoms with Gasteiger partial charge < -0.3 is 15.1 Å². The van der Waals surface area contributed by atoms with Crippen LogP contribution in [0.1, 0.15) is 20.7 Å². The molecule has 0 spiro atoms. The molecule has 31 heavy (non-hydrogen) atoms. The van der Waals surface area contributed by atoms with Gasteiger partial charge in [-0.1, -0.05) is 23.7 Å². The van der Waals surface area contributed by atoms with Crippen LogP contribution in [0.5, 0.6) is 0 Å². The maximum absolute atomic E-state index is 13.9. The van der Waals surface area contributed by atoms with E-state index in [1.165, 1.54) is 12.1 Å². The molecule has 1 saturated heterocycles. The van der Waals surface area contributed by atoms with Gasteiger partial charge in [-0.25, -0.2) is 4.39 Å². The van der Waals surface area contributed by atoms with E-state index in [2.05, 4.69) is 10.2 Å². The number of benzene rings is 3. The van der Waals surface area contributed by atoms with Crippen LogP contribution >= 0.6 is 11.6 Å². The Hall–Kier alpha value is -3.38. The lowest BCUT2D eigenvalue weighted by atomic mass is 10.1. The molecular formula is C24H21ClFN3O2. The summed E-state index contributed by atoms with van der Waals surface area (Å²) in [6.07, 6.45) is 0. The van der Waals surface area contributed by atoms with E-state index in [0.717, 1.165) is 5.69 Å². The van der Waals surface area contributed by atoms with E-state index >= 15 is 0 Å². The van der Waals surface area contributed by atoms with E-state index in [4.69, 9.17) is 11.6 Å². The average Bonchev–Trinajstić information content (AvgIpc) is 2.80. The molecule has 5 nitrogen and oxygen atoms in total. The molecule has 1 fully saturated rings. The van der Waals surface area contributed by atoms with Crippen LogP contribution in [-0.2, 0) is 0 Å². The van der Waals surface area contributed by atoms with Crippen molar-refractivity contribution in [1.29, 1.82) is 0 Å². The smallest absolute Gasteiger partial charge is 0.256 e. The first-order chi connectivity index (χ1) is 15.0. The number of nitrogens with one attached hydrogen (secondary N) is 1. The van der Waals surface area contributed by atoms with Crippen LogP contribution in [0, 0.1) is 5.82 Å². The van der Waals surface area contributed by atoms with Crippen LogP contribution in [0.2, 0.25) is 5.02 Å². The zero-order valence-electron chi connectivity index (χ0n) is 16.7. The first-order valence-corrected chi connectivity index (χ1v) is 10.3. The highest BCUT2D eigenvalue weighted by atomic mass is 35.5. The highest BCUT2D eigenvalue weighted by Crippen LogP contribution is 2.21. The van der Waals surface area contributed by atoms with E-state index in [1.54, 1.807) is 41.3 Å². The summed E-state index contributed by atoms with van der Waals surface area (Å²) in [4.78, 5) is 28.7. The molecule has 4 rings (SSSR count). The Balaban J connectivity index is 1.34. The van der Waals surface area contributed by atoms with Gasteiger partial charge in [-0.15, -0.1) is 0 Å². The number of halogens is 2. The molecule has 1 N–H and O–H groups in total. The molecule has 7 heteroatoms. The van der Waals surface area contributed by atoms with Gasteiger partial charge in [0.15, 0.2) is 0 Å². The number of anilines is 2. The maximum Gasteiger partial charge on any atom is 0.256 e. The SMILES string of the molecule is O=C(Nc1ccc(N2CCN(C(=O)c3ccccc3F)CC2)cc1)c1ccc(Cl)cc1. The second-order valence-electron chi connectivity index (χ2n) is 7.27. The molecule has 3 aromatic carbocycles. The van der Waals surface area contributed by atoms with Gasteiger partial charge in [-0.05, 0) is 60.7 Å². The van der Waals surface area contributed by atoms with Crippen molar-refractivity contribution in [1.82, 2.24) is 4.90 Å². The maximum atomic E-state index is 13.9. The van der Waals surface area contributed by atoms with E-state index < -0.39 is 5.82 Å². The Labute approximate surface area is 185 Å². The molecule has 0 saturated carbocycles. The minimum absolute atomic E-state index is 0.108. The van der Waals surface area contributed by atoms with Crippen molar-refractivity contribution in [2.75, 3.05) is 36.4 Å². The summed E-state index contributed by atoms with van der Waals surface area (Å²) in [5.41, 5.74) is 2.33. The number of amides is 2. The van der Waals surface area contributed by atoms with Crippen molar-refractivity contribution < 1.29 is 14.0 Å². The number of rotatable bonds is 4. The van der Waals surface area contributed by atoms with Gasteiger partial charge >= 0.3 is 0 Å². The minimum Gasteiger partial charge on any atom is -0.368 e. The van der Waals surface area contributed by atoms with Crippen LogP contribution in [0.15, 0.2) is 72.8 Å². The molecule has 158 valence electrons. The van der Waals surface area contributed by atoms with Gasteiger partial charge in [0.2, 0.25) is 0 Å². The van der Waals surface area contributed by atoms with Gasteiger partial charge in [-0.3, -0.25) is 9.59 Å². The van der Waals surface area contributed by atoms with E-state index in [9.17, 15) is 14.0 Å². The highest BCUT2D eigenvalue weighted by Gasteiger charge is 2.24. The quantitative estimate of drug-likeness (QED) is 0.644. The zero-order valence-corrected chi connectivity index (χ0v) is 17.5. The zero-order chi connectivity index (χ0) is 21.8. The van der Waals surface area contributed by atoms with Crippen molar-refractivity contribution in [3.05, 3.63) is 94.8 Å². The second-order valence-corrected chi connectivity index (χ2v) is 7.70. The first kappa shape index (κ1) is 20.9. The fourth-order valence-corrected chi connectivity index (χ4v) is 3.66. The summed E-state index contributed by atoms with van der Waals surface area (Å²) < 4.78 is 13.9. The molecule has 0 aromatic heterocycles. The number of nitrogens with zero attached hydrogens (tertiary/aromatic N) is 2. The van der Waals surface area contributed by atoms with Crippen molar-refractivity contribution in [3.8, 4) is 0 Å². The highest BCUT2D eigenvalue weighted by molar-refractivity contribution is 6.30. The van der Waals surface area contributed by atoms with Crippen LogP contribution < -0.4 is 10.2 Å². The van der Waals surface area contributed by atoms with Crippen LogP contribution in [-0.4, -0.2) is 42.9 Å². The van der Waals surface area contributed by atoms with Crippen molar-refractivity contribution in [2.24, 2.45) is 0 Å².